The molecule has 0 heterocycles. The van der Waals surface area contributed by atoms with Gasteiger partial charge in [-0.2, -0.15) is 0 Å². The number of hydrogen-bond donors (Lipinski definition) is 1. The van der Waals surface area contributed by atoms with Gasteiger partial charge in [-0.3, -0.25) is 4.79 Å². The molecule has 1 aliphatic rings. The Kier molecular flexibility index (Phi) is 6.78. The zero-order valence-electron chi connectivity index (χ0n) is 9.07. The van der Waals surface area contributed by atoms with Gasteiger partial charge in [0, 0.05) is 19.7 Å². The van der Waals surface area contributed by atoms with Crippen molar-refractivity contribution in [2.75, 3.05) is 20.2 Å². The molecule has 1 rings (SSSR count). The molecule has 1 saturated carbocycles. The molecule has 0 aliphatic heterocycles. The number of ether oxygens (including phenoxy) is 1. The molecule has 1 atom stereocenters. The molecule has 0 spiro atoms. The fourth-order valence-electron chi connectivity index (χ4n) is 1.44. The Morgan fingerprint density at radius 2 is 2.12 bits per heavy atom. The minimum Gasteiger partial charge on any atom is -0.370 e. The van der Waals surface area contributed by atoms with Gasteiger partial charge in [0.25, 0.3) is 12.3 Å². The second kappa shape index (κ2) is 6.98. The molecule has 0 radical (unpaired) electrons. The quantitative estimate of drug-likeness (QED) is 0.761. The van der Waals surface area contributed by atoms with Gasteiger partial charge in [-0.05, 0) is 12.8 Å². The Morgan fingerprint density at radius 1 is 1.56 bits per heavy atom. The molecule has 1 aliphatic carbocycles. The standard InChI is InChI=1S/C9H16F2N2O2.ClH/c1-15-7(4-12)9(14)13(5-8(10)11)6-2-3-6;/h6-8H,2-5,12H2,1H3;1H. The van der Waals surface area contributed by atoms with Crippen LogP contribution in [0.4, 0.5) is 8.78 Å². The van der Waals surface area contributed by atoms with Gasteiger partial charge in [-0.25, -0.2) is 8.78 Å². The summed E-state index contributed by atoms with van der Waals surface area (Å²) < 4.78 is 29.3. The summed E-state index contributed by atoms with van der Waals surface area (Å²) in [5, 5.41) is 0. The Hall–Kier alpha value is -0.460. The SMILES string of the molecule is COC(CN)C(=O)N(CC(F)F)C1CC1.Cl. The van der Waals surface area contributed by atoms with Crippen molar-refractivity contribution in [1.82, 2.24) is 4.90 Å². The summed E-state index contributed by atoms with van der Waals surface area (Å²) in [6, 6.07) is -0.0456. The van der Waals surface area contributed by atoms with E-state index >= 15 is 0 Å². The number of alkyl halides is 2. The topological polar surface area (TPSA) is 55.6 Å². The van der Waals surface area contributed by atoms with Gasteiger partial charge >= 0.3 is 0 Å². The summed E-state index contributed by atoms with van der Waals surface area (Å²) in [4.78, 5) is 12.9. The van der Waals surface area contributed by atoms with Crippen LogP contribution in [0.2, 0.25) is 0 Å². The summed E-state index contributed by atoms with van der Waals surface area (Å²) >= 11 is 0. The van der Waals surface area contributed by atoms with Gasteiger partial charge in [0.15, 0.2) is 0 Å². The maximum Gasteiger partial charge on any atom is 0.255 e. The van der Waals surface area contributed by atoms with Gasteiger partial charge < -0.3 is 15.4 Å². The number of hydrogen-bond acceptors (Lipinski definition) is 3. The highest BCUT2D eigenvalue weighted by Crippen LogP contribution is 2.28. The van der Waals surface area contributed by atoms with E-state index in [0.29, 0.717) is 0 Å². The van der Waals surface area contributed by atoms with E-state index in [1.54, 1.807) is 0 Å². The molecule has 0 aromatic carbocycles. The van der Waals surface area contributed by atoms with Gasteiger partial charge in [0.2, 0.25) is 0 Å². The Balaban J connectivity index is 0.00000225. The normalized spacial score (nSPS) is 16.8. The monoisotopic (exact) mass is 258 g/mol. The highest BCUT2D eigenvalue weighted by atomic mass is 35.5. The van der Waals surface area contributed by atoms with E-state index in [0.717, 1.165) is 12.8 Å². The van der Waals surface area contributed by atoms with Crippen molar-refractivity contribution in [3.8, 4) is 0 Å². The first-order chi connectivity index (χ1) is 7.10. The third kappa shape index (κ3) is 4.19. The van der Waals surface area contributed by atoms with Crippen LogP contribution in [0.1, 0.15) is 12.8 Å². The first-order valence-electron chi connectivity index (χ1n) is 4.91. The Labute approximate surface area is 99.5 Å². The van der Waals surface area contributed by atoms with E-state index in [-0.39, 0.29) is 25.0 Å². The second-order valence-electron chi connectivity index (χ2n) is 3.57. The van der Waals surface area contributed by atoms with Crippen molar-refractivity contribution < 1.29 is 18.3 Å². The lowest BCUT2D eigenvalue weighted by Crippen LogP contribution is -2.46. The van der Waals surface area contributed by atoms with Gasteiger partial charge in [-0.1, -0.05) is 0 Å². The minimum absolute atomic E-state index is 0. The van der Waals surface area contributed by atoms with Crippen LogP contribution >= 0.6 is 12.4 Å². The molecule has 0 saturated heterocycles. The number of rotatable bonds is 6. The number of halogens is 3. The molecule has 4 nitrogen and oxygen atoms in total. The molecule has 0 aromatic heterocycles. The number of nitrogens with two attached hydrogens (primary N) is 1. The lowest BCUT2D eigenvalue weighted by atomic mass is 10.3. The van der Waals surface area contributed by atoms with Crippen LogP contribution in [0.5, 0.6) is 0 Å². The fourth-order valence-corrected chi connectivity index (χ4v) is 1.44. The van der Waals surface area contributed by atoms with Crippen LogP contribution in [-0.2, 0) is 9.53 Å². The molecule has 2 N–H and O–H groups in total. The maximum atomic E-state index is 12.2. The maximum absolute atomic E-state index is 12.2. The van der Waals surface area contributed by atoms with E-state index in [2.05, 4.69) is 0 Å². The molecule has 0 aromatic rings. The van der Waals surface area contributed by atoms with E-state index in [4.69, 9.17) is 10.5 Å². The number of carbonyl (C=O) groups excluding carboxylic acids is 1. The number of amides is 1. The van der Waals surface area contributed by atoms with E-state index in [9.17, 15) is 13.6 Å². The van der Waals surface area contributed by atoms with Gasteiger partial charge in [-0.15, -0.1) is 12.4 Å². The Morgan fingerprint density at radius 3 is 2.44 bits per heavy atom. The lowest BCUT2D eigenvalue weighted by Gasteiger charge is -2.25. The zero-order chi connectivity index (χ0) is 11.4. The van der Waals surface area contributed by atoms with Gasteiger partial charge in [0.1, 0.15) is 6.10 Å². The average Bonchev–Trinajstić information content (AvgIpc) is 2.99. The van der Waals surface area contributed by atoms with E-state index < -0.39 is 25.0 Å². The number of nitrogens with zero attached hydrogens (tertiary/aromatic N) is 1. The third-order valence-electron chi connectivity index (χ3n) is 2.38. The molecular formula is C9H17ClF2N2O2. The van der Waals surface area contributed by atoms with Crippen molar-refractivity contribution in [2.45, 2.75) is 31.4 Å². The summed E-state index contributed by atoms with van der Waals surface area (Å²) in [5.41, 5.74) is 5.31. The van der Waals surface area contributed by atoms with E-state index in [1.807, 2.05) is 0 Å². The predicted octanol–water partition coefficient (Wildman–Crippen LogP) is 0.638. The molecule has 1 unspecified atom stereocenters. The molecular weight excluding hydrogens is 242 g/mol. The zero-order valence-corrected chi connectivity index (χ0v) is 9.88. The van der Waals surface area contributed by atoms with Crippen molar-refractivity contribution in [3.63, 3.8) is 0 Å². The number of carbonyl (C=O) groups is 1. The van der Waals surface area contributed by atoms with Crippen LogP contribution in [0, 0.1) is 0 Å². The van der Waals surface area contributed by atoms with Crippen molar-refractivity contribution in [2.24, 2.45) is 5.73 Å². The third-order valence-corrected chi connectivity index (χ3v) is 2.38. The van der Waals surface area contributed by atoms with Crippen LogP contribution in [-0.4, -0.2) is 49.6 Å². The van der Waals surface area contributed by atoms with Gasteiger partial charge in [0.05, 0.1) is 6.54 Å². The highest BCUT2D eigenvalue weighted by Gasteiger charge is 2.36. The van der Waals surface area contributed by atoms with Crippen molar-refractivity contribution in [1.29, 1.82) is 0 Å². The Bertz CT molecular complexity index is 224. The van der Waals surface area contributed by atoms with Crippen LogP contribution in [0.3, 0.4) is 0 Å². The summed E-state index contributed by atoms with van der Waals surface area (Å²) in [6.45, 7) is -0.509. The molecule has 16 heavy (non-hydrogen) atoms. The minimum atomic E-state index is -2.51. The molecule has 96 valence electrons. The largest absolute Gasteiger partial charge is 0.370 e. The average molecular weight is 259 g/mol. The summed E-state index contributed by atoms with van der Waals surface area (Å²) in [6.07, 6.45) is -1.73. The number of methoxy groups -OCH3 is 1. The van der Waals surface area contributed by atoms with Crippen LogP contribution < -0.4 is 5.73 Å². The first-order valence-corrected chi connectivity index (χ1v) is 4.91. The molecule has 1 amide bonds. The second-order valence-corrected chi connectivity index (χ2v) is 3.57. The molecule has 1 fully saturated rings. The van der Waals surface area contributed by atoms with Crippen molar-refractivity contribution >= 4 is 18.3 Å². The van der Waals surface area contributed by atoms with Crippen LogP contribution in [0.15, 0.2) is 0 Å². The molecule has 7 heteroatoms. The van der Waals surface area contributed by atoms with Crippen LogP contribution in [0.25, 0.3) is 0 Å². The highest BCUT2D eigenvalue weighted by molar-refractivity contribution is 5.85. The summed E-state index contributed by atoms with van der Waals surface area (Å²) in [7, 11) is 1.35. The lowest BCUT2D eigenvalue weighted by molar-refractivity contribution is -0.144. The fraction of sp³-hybridized carbons (Fsp3) is 0.889. The molecule has 0 bridgehead atoms. The first kappa shape index (κ1) is 15.5. The smallest absolute Gasteiger partial charge is 0.255 e. The van der Waals surface area contributed by atoms with E-state index in [1.165, 1.54) is 12.0 Å². The van der Waals surface area contributed by atoms with Crippen molar-refractivity contribution in [3.05, 3.63) is 0 Å². The predicted molar refractivity (Wildman–Crippen MR) is 57.8 cm³/mol. The summed E-state index contributed by atoms with van der Waals surface area (Å²) in [5.74, 6) is -0.428.